The van der Waals surface area contributed by atoms with Crippen LogP contribution in [0.5, 0.6) is 23.0 Å². The molecule has 0 radical (unpaired) electrons. The number of anilines is 3. The molecule has 13 heteroatoms. The van der Waals surface area contributed by atoms with Gasteiger partial charge in [-0.2, -0.15) is 0 Å². The average Bonchev–Trinajstić information content (AvgIpc) is 3.51. The van der Waals surface area contributed by atoms with E-state index >= 15 is 0 Å². The van der Waals surface area contributed by atoms with E-state index in [1.807, 2.05) is 6.92 Å². The van der Waals surface area contributed by atoms with Gasteiger partial charge in [0.25, 0.3) is 5.91 Å². The molecule has 5 amide bonds. The number of carbonyl (C=O) groups is 3. The summed E-state index contributed by atoms with van der Waals surface area (Å²) in [6.45, 7) is 3.99. The number of fused-ring (bicyclic) bond motifs is 2. The quantitative estimate of drug-likeness (QED) is 0.289. The number of hydrogen-bond acceptors (Lipinski definition) is 8. The normalized spacial score (nSPS) is 17.6. The molecular weight excluding hydrogens is 582 g/mol. The molecule has 4 N–H and O–H groups in total. The van der Waals surface area contributed by atoms with Crippen LogP contribution in [-0.4, -0.2) is 85.7 Å². The molecule has 0 aromatic heterocycles. The number of methoxy groups -OCH3 is 1. The van der Waals surface area contributed by atoms with E-state index in [1.165, 1.54) is 4.90 Å². The van der Waals surface area contributed by atoms with Crippen LogP contribution < -0.4 is 34.9 Å². The van der Waals surface area contributed by atoms with Crippen molar-refractivity contribution in [3.05, 3.63) is 66.2 Å². The molecule has 0 unspecified atom stereocenters. The van der Waals surface area contributed by atoms with Crippen LogP contribution in [0.3, 0.4) is 0 Å². The number of likely N-dealkylation sites (N-methyl/N-ethyl adjacent to an activating group) is 1. The van der Waals surface area contributed by atoms with Crippen molar-refractivity contribution in [2.45, 2.75) is 26.0 Å². The fourth-order valence-electron chi connectivity index (χ4n) is 5.06. The topological polar surface area (TPSA) is 151 Å². The van der Waals surface area contributed by atoms with Gasteiger partial charge in [-0.25, -0.2) is 9.59 Å². The molecule has 0 spiro atoms. The number of amides is 5. The number of nitrogens with one attached hydrogen (secondary N) is 3. The molecule has 3 aromatic carbocycles. The van der Waals surface area contributed by atoms with E-state index in [4.69, 9.17) is 18.9 Å². The van der Waals surface area contributed by atoms with Crippen LogP contribution in [0.4, 0.5) is 26.7 Å². The van der Waals surface area contributed by atoms with Crippen LogP contribution >= 0.6 is 0 Å². The Kier molecular flexibility index (Phi) is 9.48. The number of urea groups is 2. The van der Waals surface area contributed by atoms with Crippen LogP contribution in [0, 0.1) is 5.92 Å². The monoisotopic (exact) mass is 619 g/mol. The van der Waals surface area contributed by atoms with Crippen molar-refractivity contribution in [1.29, 1.82) is 0 Å². The van der Waals surface area contributed by atoms with Crippen LogP contribution in [0.15, 0.2) is 60.7 Å². The van der Waals surface area contributed by atoms with Gasteiger partial charge >= 0.3 is 12.1 Å². The third kappa shape index (κ3) is 7.15. The Balaban J connectivity index is 1.38. The van der Waals surface area contributed by atoms with Gasteiger partial charge in [0, 0.05) is 37.0 Å². The Hall–Kier alpha value is -5.17. The van der Waals surface area contributed by atoms with E-state index in [0.29, 0.717) is 28.6 Å². The molecule has 0 bridgehead atoms. The molecular formula is C32H37N5O8. The zero-order valence-corrected chi connectivity index (χ0v) is 25.5. The van der Waals surface area contributed by atoms with Gasteiger partial charge < -0.3 is 49.8 Å². The highest BCUT2D eigenvalue weighted by Crippen LogP contribution is 2.36. The number of ether oxygens (including phenoxy) is 4. The minimum absolute atomic E-state index is 0.107. The van der Waals surface area contributed by atoms with E-state index < -0.39 is 18.2 Å². The Morgan fingerprint density at radius 2 is 1.78 bits per heavy atom. The van der Waals surface area contributed by atoms with Gasteiger partial charge in [-0.3, -0.25) is 4.79 Å². The van der Waals surface area contributed by atoms with Gasteiger partial charge in [0.15, 0.2) is 17.2 Å². The number of rotatable bonds is 8. The molecule has 13 nitrogen and oxygen atoms in total. The average molecular weight is 620 g/mol. The van der Waals surface area contributed by atoms with Gasteiger partial charge in [0.1, 0.15) is 11.9 Å². The first-order chi connectivity index (χ1) is 21.7. The summed E-state index contributed by atoms with van der Waals surface area (Å²) in [4.78, 5) is 43.1. The Morgan fingerprint density at radius 3 is 2.51 bits per heavy atom. The lowest BCUT2D eigenvalue weighted by Gasteiger charge is -2.38. The Bertz CT molecular complexity index is 1550. The van der Waals surface area contributed by atoms with Crippen molar-refractivity contribution < 1.29 is 38.4 Å². The standard InChI is InChI=1S/C32H37N5O8/c1-19-15-37(20(2)17-38)30(39)24-6-5-7-25(35-31(40)33-22-10-13-26-27(14-22)44-18-43-26)29(24)45-28(19)16-36(3)32(41)34-21-8-11-23(42-4)12-9-21/h5-14,19-20,28,38H,15-18H2,1-4H3,(H,34,41)(H2,33,35,40)/t19-,20-,28-/m0/s1. The molecule has 3 aromatic rings. The summed E-state index contributed by atoms with van der Waals surface area (Å²) in [5.74, 6) is 1.33. The SMILES string of the molecule is COc1ccc(NC(=O)N(C)C[C@@H]2Oc3c(NC(=O)Nc4ccc5c(c4)OCO5)cccc3C(=O)N([C@@H](C)CO)C[C@@H]2C)cc1. The maximum atomic E-state index is 13.8. The van der Waals surface area contributed by atoms with Crippen molar-refractivity contribution in [2.24, 2.45) is 5.92 Å². The van der Waals surface area contributed by atoms with Crippen molar-refractivity contribution in [1.82, 2.24) is 9.80 Å². The first-order valence-corrected chi connectivity index (χ1v) is 14.5. The lowest BCUT2D eigenvalue weighted by molar-refractivity contribution is 0.0373. The minimum atomic E-state index is -0.586. The third-order valence-electron chi connectivity index (χ3n) is 7.71. The molecule has 45 heavy (non-hydrogen) atoms. The smallest absolute Gasteiger partial charge is 0.323 e. The van der Waals surface area contributed by atoms with Gasteiger partial charge in [-0.1, -0.05) is 13.0 Å². The number of carbonyl (C=O) groups excluding carboxylic acids is 3. The molecule has 2 aliphatic rings. The first kappa shape index (κ1) is 31.3. The van der Waals surface area contributed by atoms with Gasteiger partial charge in [0.05, 0.1) is 37.6 Å². The van der Waals surface area contributed by atoms with Crippen LogP contribution in [0.1, 0.15) is 24.2 Å². The van der Waals surface area contributed by atoms with Crippen LogP contribution in [0.2, 0.25) is 0 Å². The highest BCUT2D eigenvalue weighted by atomic mass is 16.7. The summed E-state index contributed by atoms with van der Waals surface area (Å²) in [6, 6.07) is 15.5. The minimum Gasteiger partial charge on any atom is -0.497 e. The zero-order chi connectivity index (χ0) is 32.1. The number of hydrogen-bond donors (Lipinski definition) is 4. The highest BCUT2D eigenvalue weighted by Gasteiger charge is 2.35. The summed E-state index contributed by atoms with van der Waals surface area (Å²) >= 11 is 0. The summed E-state index contributed by atoms with van der Waals surface area (Å²) < 4.78 is 22.4. The van der Waals surface area contributed by atoms with E-state index in [2.05, 4.69) is 16.0 Å². The third-order valence-corrected chi connectivity index (χ3v) is 7.71. The van der Waals surface area contributed by atoms with Gasteiger partial charge in [-0.15, -0.1) is 0 Å². The summed E-state index contributed by atoms with van der Waals surface area (Å²) in [6.07, 6.45) is -0.586. The Labute approximate surface area is 261 Å². The lowest BCUT2D eigenvalue weighted by Crippen LogP contribution is -2.50. The molecule has 0 saturated heterocycles. The van der Waals surface area contributed by atoms with E-state index in [9.17, 15) is 19.5 Å². The number of aliphatic hydroxyl groups excluding tert-OH is 1. The van der Waals surface area contributed by atoms with Crippen molar-refractivity contribution in [3.8, 4) is 23.0 Å². The molecule has 5 rings (SSSR count). The summed E-state index contributed by atoms with van der Waals surface area (Å²) in [5.41, 5.74) is 1.56. The van der Waals surface area contributed by atoms with Crippen LogP contribution in [0.25, 0.3) is 0 Å². The van der Waals surface area contributed by atoms with Crippen molar-refractivity contribution in [3.63, 3.8) is 0 Å². The fourth-order valence-corrected chi connectivity index (χ4v) is 5.06. The second-order valence-electron chi connectivity index (χ2n) is 11.0. The maximum Gasteiger partial charge on any atom is 0.323 e. The number of aliphatic hydroxyl groups is 1. The molecule has 0 aliphatic carbocycles. The summed E-state index contributed by atoms with van der Waals surface area (Å²) in [5, 5.41) is 18.4. The second-order valence-corrected chi connectivity index (χ2v) is 11.0. The number of benzene rings is 3. The predicted octanol–water partition coefficient (Wildman–Crippen LogP) is 4.45. The number of para-hydroxylation sites is 1. The van der Waals surface area contributed by atoms with Crippen LogP contribution in [-0.2, 0) is 0 Å². The molecule has 2 aliphatic heterocycles. The zero-order valence-electron chi connectivity index (χ0n) is 25.5. The largest absolute Gasteiger partial charge is 0.497 e. The highest BCUT2D eigenvalue weighted by molar-refractivity contribution is 6.04. The first-order valence-electron chi connectivity index (χ1n) is 14.5. The molecule has 2 heterocycles. The van der Waals surface area contributed by atoms with Crippen molar-refractivity contribution in [2.75, 3.05) is 56.6 Å². The Morgan fingerprint density at radius 1 is 1.04 bits per heavy atom. The predicted molar refractivity (Wildman–Crippen MR) is 167 cm³/mol. The number of nitrogens with zero attached hydrogens (tertiary/aromatic N) is 2. The molecule has 0 fully saturated rings. The van der Waals surface area contributed by atoms with E-state index in [-0.39, 0.29) is 61.3 Å². The van der Waals surface area contributed by atoms with Crippen molar-refractivity contribution >= 4 is 35.0 Å². The second kappa shape index (κ2) is 13.6. The van der Waals surface area contributed by atoms with Gasteiger partial charge in [-0.05, 0) is 55.5 Å². The summed E-state index contributed by atoms with van der Waals surface area (Å²) in [7, 11) is 3.22. The fraction of sp³-hybridized carbons (Fsp3) is 0.344. The lowest BCUT2D eigenvalue weighted by atomic mass is 9.99. The van der Waals surface area contributed by atoms with Gasteiger partial charge in [0.2, 0.25) is 6.79 Å². The molecule has 3 atom stereocenters. The van der Waals surface area contributed by atoms with E-state index in [1.54, 1.807) is 86.6 Å². The molecule has 0 saturated carbocycles. The molecule has 238 valence electrons. The maximum absolute atomic E-state index is 13.8. The van der Waals surface area contributed by atoms with E-state index in [0.717, 1.165) is 0 Å².